The average Bonchev–Trinajstić information content (AvgIpc) is 2.19. The molecule has 1 nitrogen and oxygen atoms in total. The van der Waals surface area contributed by atoms with E-state index < -0.39 is 30.0 Å². The largest absolute Gasteiger partial charge is 0.390 e. The van der Waals surface area contributed by atoms with E-state index in [1.165, 1.54) is 0 Å². The SMILES string of the molecule is Fc1cc(CNCCC(F)(F)F)cc(F)c1F. The van der Waals surface area contributed by atoms with E-state index in [1.54, 1.807) is 0 Å². The van der Waals surface area contributed by atoms with Crippen LogP contribution in [0.5, 0.6) is 0 Å². The highest BCUT2D eigenvalue weighted by Crippen LogP contribution is 2.18. The summed E-state index contributed by atoms with van der Waals surface area (Å²) in [4.78, 5) is 0. The van der Waals surface area contributed by atoms with Crippen LogP contribution in [0.15, 0.2) is 12.1 Å². The molecular formula is C10H9F6N. The van der Waals surface area contributed by atoms with Crippen LogP contribution in [-0.2, 0) is 6.54 Å². The van der Waals surface area contributed by atoms with Crippen molar-refractivity contribution in [2.45, 2.75) is 19.1 Å². The van der Waals surface area contributed by atoms with E-state index >= 15 is 0 Å². The van der Waals surface area contributed by atoms with Crippen LogP contribution in [0.1, 0.15) is 12.0 Å². The predicted octanol–water partition coefficient (Wildman–Crippen LogP) is 3.15. The van der Waals surface area contributed by atoms with Gasteiger partial charge in [0.25, 0.3) is 0 Å². The van der Waals surface area contributed by atoms with Crippen LogP contribution in [0.4, 0.5) is 26.3 Å². The van der Waals surface area contributed by atoms with Crippen molar-refractivity contribution in [1.29, 1.82) is 0 Å². The van der Waals surface area contributed by atoms with Gasteiger partial charge in [0, 0.05) is 13.1 Å². The second-order valence-electron chi connectivity index (χ2n) is 3.42. The van der Waals surface area contributed by atoms with E-state index in [-0.39, 0.29) is 18.7 Å². The van der Waals surface area contributed by atoms with Crippen molar-refractivity contribution in [3.63, 3.8) is 0 Å². The number of halogens is 6. The number of alkyl halides is 3. The number of hydrogen-bond acceptors (Lipinski definition) is 1. The van der Waals surface area contributed by atoms with Gasteiger partial charge in [0.1, 0.15) is 0 Å². The van der Waals surface area contributed by atoms with E-state index in [0.717, 1.165) is 12.1 Å². The Hall–Kier alpha value is -1.24. The van der Waals surface area contributed by atoms with Gasteiger partial charge in [-0.2, -0.15) is 13.2 Å². The molecule has 1 rings (SSSR count). The molecule has 17 heavy (non-hydrogen) atoms. The van der Waals surface area contributed by atoms with Gasteiger partial charge in [-0.05, 0) is 17.7 Å². The van der Waals surface area contributed by atoms with Crippen molar-refractivity contribution in [2.75, 3.05) is 6.54 Å². The molecule has 1 N–H and O–H groups in total. The maximum atomic E-state index is 12.7. The van der Waals surface area contributed by atoms with Crippen LogP contribution in [0.25, 0.3) is 0 Å². The third-order valence-corrected chi connectivity index (χ3v) is 1.96. The maximum absolute atomic E-state index is 12.7. The van der Waals surface area contributed by atoms with Gasteiger partial charge >= 0.3 is 6.18 Å². The molecule has 0 spiro atoms. The van der Waals surface area contributed by atoms with Crippen molar-refractivity contribution in [1.82, 2.24) is 5.32 Å². The van der Waals surface area contributed by atoms with E-state index in [0.29, 0.717) is 0 Å². The Labute approximate surface area is 93.4 Å². The molecule has 0 amide bonds. The molecular weight excluding hydrogens is 248 g/mol. The molecule has 0 fully saturated rings. The summed E-state index contributed by atoms with van der Waals surface area (Å²) < 4.78 is 73.2. The number of nitrogens with one attached hydrogen (secondary N) is 1. The molecule has 0 saturated carbocycles. The highest BCUT2D eigenvalue weighted by atomic mass is 19.4. The average molecular weight is 257 g/mol. The summed E-state index contributed by atoms with van der Waals surface area (Å²) in [5.74, 6) is -4.32. The van der Waals surface area contributed by atoms with Crippen LogP contribution in [0.3, 0.4) is 0 Å². The molecule has 1 aromatic rings. The lowest BCUT2D eigenvalue weighted by atomic mass is 10.2. The lowest BCUT2D eigenvalue weighted by Gasteiger charge is -2.08. The number of hydrogen-bond donors (Lipinski definition) is 1. The first-order chi connectivity index (χ1) is 7.79. The summed E-state index contributed by atoms with van der Waals surface area (Å²) in [6.07, 6.45) is -5.33. The highest BCUT2D eigenvalue weighted by Gasteiger charge is 2.25. The number of rotatable bonds is 4. The van der Waals surface area contributed by atoms with Gasteiger partial charge in [0.15, 0.2) is 17.5 Å². The Kier molecular flexibility index (Phi) is 4.39. The van der Waals surface area contributed by atoms with Crippen molar-refractivity contribution < 1.29 is 26.3 Å². The standard InChI is InChI=1S/C10H9F6N/c11-7-3-6(4-8(12)9(7)13)5-17-2-1-10(14,15)16/h3-4,17H,1-2,5H2. The summed E-state index contributed by atoms with van der Waals surface area (Å²) >= 11 is 0. The lowest BCUT2D eigenvalue weighted by Crippen LogP contribution is -2.21. The summed E-state index contributed by atoms with van der Waals surface area (Å²) in [6, 6.07) is 1.47. The van der Waals surface area contributed by atoms with E-state index in [4.69, 9.17) is 0 Å². The van der Waals surface area contributed by atoms with E-state index in [9.17, 15) is 26.3 Å². The highest BCUT2D eigenvalue weighted by molar-refractivity contribution is 5.19. The molecule has 0 atom stereocenters. The predicted molar refractivity (Wildman–Crippen MR) is 48.7 cm³/mol. The summed E-state index contributed by atoms with van der Waals surface area (Å²) in [5, 5.41) is 2.36. The quantitative estimate of drug-likeness (QED) is 0.496. The molecule has 0 aliphatic carbocycles. The van der Waals surface area contributed by atoms with Crippen molar-refractivity contribution in [3.05, 3.63) is 35.1 Å². The summed E-state index contributed by atoms with van der Waals surface area (Å²) in [7, 11) is 0. The molecule has 0 saturated heterocycles. The van der Waals surface area contributed by atoms with Crippen LogP contribution >= 0.6 is 0 Å². The second kappa shape index (κ2) is 5.39. The Morgan fingerprint density at radius 2 is 1.53 bits per heavy atom. The van der Waals surface area contributed by atoms with Crippen LogP contribution < -0.4 is 5.32 Å². The van der Waals surface area contributed by atoms with Gasteiger partial charge in [0.05, 0.1) is 6.42 Å². The molecule has 0 aliphatic rings. The zero-order valence-electron chi connectivity index (χ0n) is 8.54. The second-order valence-corrected chi connectivity index (χ2v) is 3.42. The first-order valence-corrected chi connectivity index (χ1v) is 4.70. The zero-order chi connectivity index (χ0) is 13.1. The fraction of sp³-hybridized carbons (Fsp3) is 0.400. The van der Waals surface area contributed by atoms with Crippen LogP contribution in [-0.4, -0.2) is 12.7 Å². The molecule has 0 aromatic heterocycles. The number of benzene rings is 1. The van der Waals surface area contributed by atoms with Crippen molar-refractivity contribution in [3.8, 4) is 0 Å². The molecule has 0 unspecified atom stereocenters. The molecule has 7 heteroatoms. The molecule has 0 heterocycles. The van der Waals surface area contributed by atoms with Crippen LogP contribution in [0.2, 0.25) is 0 Å². The first-order valence-electron chi connectivity index (χ1n) is 4.70. The normalized spacial score (nSPS) is 11.9. The minimum absolute atomic E-state index is 0.0450. The van der Waals surface area contributed by atoms with Gasteiger partial charge in [-0.1, -0.05) is 0 Å². The Morgan fingerprint density at radius 1 is 1.00 bits per heavy atom. The third-order valence-electron chi connectivity index (χ3n) is 1.96. The first kappa shape index (κ1) is 13.8. The van der Waals surface area contributed by atoms with Crippen LogP contribution in [0, 0.1) is 17.5 Å². The Morgan fingerprint density at radius 3 is 2.00 bits per heavy atom. The van der Waals surface area contributed by atoms with Gasteiger partial charge in [-0.15, -0.1) is 0 Å². The Bertz CT molecular complexity index is 364. The Balaban J connectivity index is 2.48. The van der Waals surface area contributed by atoms with Gasteiger partial charge < -0.3 is 5.32 Å². The third kappa shape index (κ3) is 4.64. The molecule has 0 aliphatic heterocycles. The maximum Gasteiger partial charge on any atom is 0.390 e. The van der Waals surface area contributed by atoms with Gasteiger partial charge in [-0.25, -0.2) is 13.2 Å². The monoisotopic (exact) mass is 257 g/mol. The smallest absolute Gasteiger partial charge is 0.312 e. The molecule has 1 aromatic carbocycles. The summed E-state index contributed by atoms with van der Waals surface area (Å²) in [6.45, 7) is -0.533. The van der Waals surface area contributed by atoms with Crippen molar-refractivity contribution in [2.24, 2.45) is 0 Å². The molecule has 0 radical (unpaired) electrons. The topological polar surface area (TPSA) is 12.0 Å². The van der Waals surface area contributed by atoms with Gasteiger partial charge in [-0.3, -0.25) is 0 Å². The minimum Gasteiger partial charge on any atom is -0.312 e. The lowest BCUT2D eigenvalue weighted by molar-refractivity contribution is -0.133. The fourth-order valence-electron chi connectivity index (χ4n) is 1.17. The van der Waals surface area contributed by atoms with E-state index in [2.05, 4.69) is 5.32 Å². The van der Waals surface area contributed by atoms with E-state index in [1.807, 2.05) is 0 Å². The fourth-order valence-corrected chi connectivity index (χ4v) is 1.17. The van der Waals surface area contributed by atoms with Crippen molar-refractivity contribution >= 4 is 0 Å². The van der Waals surface area contributed by atoms with Gasteiger partial charge in [0.2, 0.25) is 0 Å². The molecule has 96 valence electrons. The molecule has 0 bridgehead atoms. The zero-order valence-corrected chi connectivity index (χ0v) is 8.54. The summed E-state index contributed by atoms with van der Waals surface area (Å²) in [5.41, 5.74) is 0.0450. The minimum atomic E-state index is -4.29.